The van der Waals surface area contributed by atoms with Gasteiger partial charge in [0.05, 0.1) is 0 Å². The molecule has 0 aromatic carbocycles. The van der Waals surface area contributed by atoms with E-state index in [2.05, 4.69) is 0 Å². The molecule has 0 aliphatic carbocycles. The molecule has 0 rings (SSSR count). The van der Waals surface area contributed by atoms with Gasteiger partial charge in [-0.25, -0.2) is 0 Å². The van der Waals surface area contributed by atoms with E-state index >= 15 is 0 Å². The normalized spacial score (nSPS) is 6.88. The molecule has 0 aliphatic heterocycles. The van der Waals surface area contributed by atoms with Gasteiger partial charge in [-0.1, -0.05) is 0 Å². The van der Waals surface area contributed by atoms with Crippen LogP contribution >= 0.6 is 0 Å². The lowest BCUT2D eigenvalue weighted by Crippen LogP contribution is -1.74. The van der Waals surface area contributed by atoms with Crippen molar-refractivity contribution >= 4 is 23.9 Å². The zero-order valence-electron chi connectivity index (χ0n) is 4.68. The Morgan fingerprint density at radius 2 is 1.38 bits per heavy atom. The van der Waals surface area contributed by atoms with Crippen molar-refractivity contribution in [3.8, 4) is 0 Å². The second-order valence-electron chi connectivity index (χ2n) is 0.503. The van der Waals surface area contributed by atoms with Gasteiger partial charge in [0.15, 0.2) is 12.6 Å². The van der Waals surface area contributed by atoms with Gasteiger partial charge in [0.25, 0.3) is 11.4 Å². The minimum atomic E-state index is -2.61. The molecular formula is C2H5O5S+. The molecule has 0 saturated carbocycles. The van der Waals surface area contributed by atoms with Crippen LogP contribution in [0.25, 0.3) is 0 Å². The molecule has 0 atom stereocenters. The first-order valence-corrected chi connectivity index (χ1v) is 2.40. The predicted molar refractivity (Wildman–Crippen MR) is 26.6 cm³/mol. The van der Waals surface area contributed by atoms with Gasteiger partial charge in [-0.3, -0.25) is 18.7 Å². The van der Waals surface area contributed by atoms with Crippen LogP contribution in [0.15, 0.2) is 0 Å². The number of aldehydes is 2. The van der Waals surface area contributed by atoms with Crippen LogP contribution in [-0.4, -0.2) is 25.9 Å². The lowest BCUT2D eigenvalue weighted by Gasteiger charge is -1.59. The van der Waals surface area contributed by atoms with Crippen molar-refractivity contribution in [2.45, 2.75) is 0 Å². The Balaban J connectivity index is -0.0000000720. The van der Waals surface area contributed by atoms with Crippen LogP contribution < -0.4 is 0 Å². The SMILES string of the molecule is O=CC=O.O=S(O)O.[H+]. The first-order valence-electron chi connectivity index (χ1n) is 1.34. The Hall–Kier alpha value is -0.590. The van der Waals surface area contributed by atoms with Gasteiger partial charge in [0.2, 0.25) is 0 Å². The minimum absolute atomic E-state index is 0. The monoisotopic (exact) mass is 141 g/mol. The third-order valence-corrected chi connectivity index (χ3v) is 0.0556. The van der Waals surface area contributed by atoms with Crippen LogP contribution in [0.5, 0.6) is 0 Å². The third kappa shape index (κ3) is 626. The number of carbonyl (C=O) groups excluding carboxylic acids is 2. The maximum atomic E-state index is 8.81. The van der Waals surface area contributed by atoms with Gasteiger partial charge < -0.3 is 0 Å². The van der Waals surface area contributed by atoms with Gasteiger partial charge in [-0.05, 0) is 0 Å². The predicted octanol–water partition coefficient (Wildman–Crippen LogP) is -0.822. The first-order chi connectivity index (χ1) is 3.65. The highest BCUT2D eigenvalue weighted by molar-refractivity contribution is 7.73. The Morgan fingerprint density at radius 3 is 1.38 bits per heavy atom. The molecule has 8 heavy (non-hydrogen) atoms. The highest BCUT2D eigenvalue weighted by Crippen LogP contribution is 1.44. The van der Waals surface area contributed by atoms with E-state index < -0.39 is 11.4 Å². The van der Waals surface area contributed by atoms with Crippen LogP contribution in [0.3, 0.4) is 0 Å². The third-order valence-electron chi connectivity index (χ3n) is 0.0556. The summed E-state index contributed by atoms with van der Waals surface area (Å²) in [6.45, 7) is 0. The van der Waals surface area contributed by atoms with Crippen molar-refractivity contribution < 1.29 is 24.3 Å². The zero-order valence-corrected chi connectivity index (χ0v) is 4.50. The molecule has 5 nitrogen and oxygen atoms in total. The fourth-order valence-corrected chi connectivity index (χ4v) is 0. The number of hydrogen-bond acceptors (Lipinski definition) is 3. The molecule has 0 aliphatic rings. The summed E-state index contributed by atoms with van der Waals surface area (Å²) in [6.07, 6.45) is 0.389. The standard InChI is InChI=1S/C2H2O2.H2O3S/c3-1-2-4;1-4(2)3/h1-2H;(H2,1,2,3)/p+1. The van der Waals surface area contributed by atoms with Crippen molar-refractivity contribution in [3.05, 3.63) is 0 Å². The molecule has 0 aromatic rings. The molecule has 2 N–H and O–H groups in total. The minimum Gasteiger partial charge on any atom is -0.295 e. The molecule has 0 saturated heterocycles. The molecule has 0 amide bonds. The van der Waals surface area contributed by atoms with Crippen molar-refractivity contribution in [1.82, 2.24) is 0 Å². The van der Waals surface area contributed by atoms with E-state index in [1.54, 1.807) is 0 Å². The highest BCUT2D eigenvalue weighted by atomic mass is 32.2. The molecule has 0 aromatic heterocycles. The van der Waals surface area contributed by atoms with Gasteiger partial charge in [-0.2, -0.15) is 4.21 Å². The van der Waals surface area contributed by atoms with E-state index in [-0.39, 0.29) is 14.0 Å². The van der Waals surface area contributed by atoms with E-state index in [0.29, 0.717) is 0 Å². The number of hydrogen-bond donors (Lipinski definition) is 2. The van der Waals surface area contributed by atoms with Crippen LogP contribution in [0.1, 0.15) is 1.43 Å². The summed E-state index contributed by atoms with van der Waals surface area (Å²) in [5.74, 6) is 0. The van der Waals surface area contributed by atoms with E-state index in [1.165, 1.54) is 0 Å². The summed E-state index contributed by atoms with van der Waals surface area (Å²) < 4.78 is 22.8. The summed E-state index contributed by atoms with van der Waals surface area (Å²) >= 11 is -2.61. The van der Waals surface area contributed by atoms with Crippen molar-refractivity contribution in [3.63, 3.8) is 0 Å². The maximum absolute atomic E-state index is 8.81. The first kappa shape index (κ1) is 10.4. The molecule has 0 unspecified atom stereocenters. The summed E-state index contributed by atoms with van der Waals surface area (Å²) in [6, 6.07) is 0. The molecule has 0 radical (unpaired) electrons. The lowest BCUT2D eigenvalue weighted by atomic mass is 10.9. The van der Waals surface area contributed by atoms with Crippen molar-refractivity contribution in [2.24, 2.45) is 0 Å². The molecule has 48 valence electrons. The zero-order chi connectivity index (χ0) is 6.99. The van der Waals surface area contributed by atoms with Gasteiger partial charge >= 0.3 is 1.43 Å². The van der Waals surface area contributed by atoms with Crippen molar-refractivity contribution in [1.29, 1.82) is 0 Å². The quantitative estimate of drug-likeness (QED) is 0.282. The Bertz CT molecular complexity index is 83.0. The van der Waals surface area contributed by atoms with E-state index in [1.807, 2.05) is 0 Å². The van der Waals surface area contributed by atoms with Crippen LogP contribution in [0.4, 0.5) is 0 Å². The Labute approximate surface area is 49.3 Å². The van der Waals surface area contributed by atoms with E-state index in [9.17, 15) is 0 Å². The van der Waals surface area contributed by atoms with E-state index in [4.69, 9.17) is 22.9 Å². The smallest absolute Gasteiger partial charge is 0.295 e. The summed E-state index contributed by atoms with van der Waals surface area (Å²) in [5, 5.41) is 0. The maximum Gasteiger partial charge on any atom is 1.00 e. The summed E-state index contributed by atoms with van der Waals surface area (Å²) in [4.78, 5) is 17.6. The Kier molecular flexibility index (Phi) is 12.5. The second-order valence-corrected chi connectivity index (χ2v) is 0.964. The van der Waals surface area contributed by atoms with Crippen molar-refractivity contribution in [2.75, 3.05) is 0 Å². The number of carbonyl (C=O) groups is 2. The molecule has 0 bridgehead atoms. The van der Waals surface area contributed by atoms with Gasteiger partial charge in [0, 0.05) is 0 Å². The summed E-state index contributed by atoms with van der Waals surface area (Å²) in [7, 11) is 0. The van der Waals surface area contributed by atoms with E-state index in [0.717, 1.165) is 0 Å². The summed E-state index contributed by atoms with van der Waals surface area (Å²) in [5.41, 5.74) is 0. The van der Waals surface area contributed by atoms with Crippen LogP contribution in [-0.2, 0) is 21.0 Å². The Morgan fingerprint density at radius 1 is 1.25 bits per heavy atom. The van der Waals surface area contributed by atoms with Gasteiger partial charge in [-0.15, -0.1) is 0 Å². The molecular weight excluding hydrogens is 136 g/mol. The largest absolute Gasteiger partial charge is 1.00 e. The fraction of sp³-hybridized carbons (Fsp3) is 0. The molecule has 0 spiro atoms. The van der Waals surface area contributed by atoms with Gasteiger partial charge in [0.1, 0.15) is 0 Å². The molecule has 0 fully saturated rings. The molecule has 6 heteroatoms. The molecule has 0 heterocycles. The topological polar surface area (TPSA) is 91.7 Å². The number of rotatable bonds is 1. The fourth-order valence-electron chi connectivity index (χ4n) is 0. The average molecular weight is 141 g/mol. The highest BCUT2D eigenvalue weighted by Gasteiger charge is 1.62. The average Bonchev–Trinajstić information content (AvgIpc) is 1.65. The lowest BCUT2D eigenvalue weighted by molar-refractivity contribution is -0.122. The van der Waals surface area contributed by atoms with Crippen LogP contribution in [0, 0.1) is 0 Å². The second kappa shape index (κ2) is 9.65. The van der Waals surface area contributed by atoms with Crippen LogP contribution in [0.2, 0.25) is 0 Å².